The van der Waals surface area contributed by atoms with Gasteiger partial charge in [-0.2, -0.15) is 0 Å². The number of benzene rings is 2. The molecule has 1 fully saturated rings. The van der Waals surface area contributed by atoms with E-state index in [0.29, 0.717) is 0 Å². The lowest BCUT2D eigenvalue weighted by atomic mass is 9.71. The highest BCUT2D eigenvalue weighted by atomic mass is 32.2. The molecule has 2 aliphatic heterocycles. The molecular formula is C24H19N3O3S. The van der Waals surface area contributed by atoms with Gasteiger partial charge in [0.2, 0.25) is 0 Å². The highest BCUT2D eigenvalue weighted by Gasteiger charge is 2.58. The zero-order chi connectivity index (χ0) is 21.2. The average molecular weight is 430 g/mol. The van der Waals surface area contributed by atoms with Crippen molar-refractivity contribution in [3.05, 3.63) is 72.1 Å². The predicted molar refractivity (Wildman–Crippen MR) is 120 cm³/mol. The average Bonchev–Trinajstić information content (AvgIpc) is 3.12. The monoisotopic (exact) mass is 429 g/mol. The number of esters is 1. The maximum absolute atomic E-state index is 12.9. The molecule has 4 aromatic rings. The number of anilines is 1. The molecule has 2 aliphatic rings. The number of cyclic esters (lactones) is 1. The molecule has 2 aromatic carbocycles. The van der Waals surface area contributed by atoms with Gasteiger partial charge in [-0.3, -0.25) is 14.8 Å². The van der Waals surface area contributed by atoms with Crippen LogP contribution >= 0.6 is 11.8 Å². The number of aromatic nitrogens is 2. The Hall–Kier alpha value is -3.16. The Morgan fingerprint density at radius 2 is 1.74 bits per heavy atom. The van der Waals surface area contributed by atoms with Crippen LogP contribution in [-0.4, -0.2) is 39.6 Å². The summed E-state index contributed by atoms with van der Waals surface area (Å²) < 4.78 is 5.37. The molecule has 1 saturated heterocycles. The first-order valence-electron chi connectivity index (χ1n) is 10.1. The number of nitrogens with zero attached hydrogens (tertiary/aromatic N) is 2. The van der Waals surface area contributed by atoms with E-state index < -0.39 is 17.6 Å². The van der Waals surface area contributed by atoms with Crippen LogP contribution in [0, 0.1) is 5.92 Å². The molecule has 6 nitrogen and oxygen atoms in total. The molecule has 31 heavy (non-hydrogen) atoms. The number of ether oxygens (including phenoxy) is 1. The fourth-order valence-corrected chi connectivity index (χ4v) is 5.39. The van der Waals surface area contributed by atoms with E-state index in [0.717, 1.165) is 43.5 Å². The first kappa shape index (κ1) is 18.6. The van der Waals surface area contributed by atoms with Crippen molar-refractivity contribution in [2.45, 2.75) is 16.5 Å². The van der Waals surface area contributed by atoms with E-state index in [2.05, 4.69) is 15.3 Å². The van der Waals surface area contributed by atoms with Crippen molar-refractivity contribution in [3.63, 3.8) is 0 Å². The third-order valence-corrected chi connectivity index (χ3v) is 7.08. The number of rotatable bonds is 2. The van der Waals surface area contributed by atoms with Gasteiger partial charge in [0, 0.05) is 34.0 Å². The van der Waals surface area contributed by atoms with E-state index in [1.165, 1.54) is 0 Å². The largest absolute Gasteiger partial charge is 0.460 e. The molecule has 154 valence electrons. The number of nitrogens with one attached hydrogen (secondary N) is 1. The van der Waals surface area contributed by atoms with Crippen LogP contribution in [0.3, 0.4) is 0 Å². The van der Waals surface area contributed by atoms with Crippen LogP contribution in [0.5, 0.6) is 0 Å². The topological polar surface area (TPSA) is 84.3 Å². The van der Waals surface area contributed by atoms with Crippen molar-refractivity contribution in [2.75, 3.05) is 18.2 Å². The van der Waals surface area contributed by atoms with Crippen molar-refractivity contribution in [1.82, 2.24) is 9.97 Å². The lowest BCUT2D eigenvalue weighted by molar-refractivity contribution is -0.141. The van der Waals surface area contributed by atoms with E-state index in [4.69, 9.17) is 4.74 Å². The van der Waals surface area contributed by atoms with E-state index in [1.54, 1.807) is 24.2 Å². The Morgan fingerprint density at radius 1 is 1.06 bits per heavy atom. The molecule has 7 heteroatoms. The predicted octanol–water partition coefficient (Wildman–Crippen LogP) is 3.92. The highest BCUT2D eigenvalue weighted by Crippen LogP contribution is 2.53. The molecule has 0 aliphatic carbocycles. The lowest BCUT2D eigenvalue weighted by Gasteiger charge is -2.41. The SMILES string of the molecule is CSc1ccc([C@@H]2c3c(c4cccnc4c4ncccc34)N[C@@]3(O)COC(=O)[C@H]23)cc1. The Bertz CT molecular complexity index is 1360. The van der Waals surface area contributed by atoms with E-state index >= 15 is 0 Å². The summed E-state index contributed by atoms with van der Waals surface area (Å²) in [5.41, 5.74) is 2.71. The second-order valence-corrected chi connectivity index (χ2v) is 8.85. The van der Waals surface area contributed by atoms with Crippen molar-refractivity contribution < 1.29 is 14.6 Å². The zero-order valence-corrected chi connectivity index (χ0v) is 17.5. The standard InChI is InChI=1S/C24H19N3O3S/c1-31-14-8-6-13(7-9-14)17-18-15-4-2-10-25-21(15)22-16(5-3-11-26-22)20(18)27-24(29)12-30-23(28)19(17)24/h2-11,17,19,27,29H,12H2,1H3/t17-,19+,24-/m1/s1. The fraction of sp³-hybridized carbons (Fsp3) is 0.208. The Kier molecular flexibility index (Phi) is 4.00. The highest BCUT2D eigenvalue weighted by molar-refractivity contribution is 7.98. The van der Waals surface area contributed by atoms with Gasteiger partial charge in [0.05, 0.1) is 16.7 Å². The van der Waals surface area contributed by atoms with E-state index in [9.17, 15) is 9.90 Å². The normalized spacial score (nSPS) is 24.5. The van der Waals surface area contributed by atoms with Crippen LogP contribution < -0.4 is 5.32 Å². The first-order chi connectivity index (χ1) is 15.1. The third-order valence-electron chi connectivity index (χ3n) is 6.33. The van der Waals surface area contributed by atoms with Gasteiger partial charge in [-0.05, 0) is 47.7 Å². The van der Waals surface area contributed by atoms with Gasteiger partial charge >= 0.3 is 5.97 Å². The van der Waals surface area contributed by atoms with Crippen LogP contribution in [-0.2, 0) is 9.53 Å². The van der Waals surface area contributed by atoms with Gasteiger partial charge in [0.1, 0.15) is 12.5 Å². The molecule has 0 radical (unpaired) electrons. The number of thioether (sulfide) groups is 1. The molecular weight excluding hydrogens is 410 g/mol. The minimum absolute atomic E-state index is 0.0951. The molecule has 3 atom stereocenters. The van der Waals surface area contributed by atoms with E-state index in [-0.39, 0.29) is 12.5 Å². The summed E-state index contributed by atoms with van der Waals surface area (Å²) in [5, 5.41) is 16.5. The summed E-state index contributed by atoms with van der Waals surface area (Å²) in [6, 6.07) is 15.9. The number of pyridine rings is 2. The van der Waals surface area contributed by atoms with Gasteiger partial charge in [-0.25, -0.2) is 0 Å². The molecule has 0 amide bonds. The van der Waals surface area contributed by atoms with Crippen LogP contribution in [0.15, 0.2) is 65.8 Å². The van der Waals surface area contributed by atoms with Gasteiger partial charge in [0.15, 0.2) is 5.72 Å². The van der Waals surface area contributed by atoms with Crippen molar-refractivity contribution >= 4 is 45.2 Å². The quantitative estimate of drug-likeness (QED) is 0.284. The van der Waals surface area contributed by atoms with Gasteiger partial charge in [-0.1, -0.05) is 18.2 Å². The van der Waals surface area contributed by atoms with Crippen molar-refractivity contribution in [1.29, 1.82) is 0 Å². The van der Waals surface area contributed by atoms with Crippen LogP contribution in [0.1, 0.15) is 17.0 Å². The third kappa shape index (κ3) is 2.60. The van der Waals surface area contributed by atoms with Gasteiger partial charge < -0.3 is 15.2 Å². The van der Waals surface area contributed by atoms with Gasteiger partial charge in [0.25, 0.3) is 0 Å². The minimum Gasteiger partial charge on any atom is -0.460 e. The summed E-state index contributed by atoms with van der Waals surface area (Å²) in [6.07, 6.45) is 5.52. The van der Waals surface area contributed by atoms with Gasteiger partial charge in [-0.15, -0.1) is 11.8 Å². The molecule has 0 saturated carbocycles. The molecule has 6 rings (SSSR count). The molecule has 0 unspecified atom stereocenters. The Balaban J connectivity index is 1.74. The number of carbonyl (C=O) groups is 1. The van der Waals surface area contributed by atoms with Crippen LogP contribution in [0.4, 0.5) is 5.69 Å². The molecule has 2 aromatic heterocycles. The molecule has 0 spiro atoms. The molecule has 4 heterocycles. The molecule has 2 N–H and O–H groups in total. The number of hydrogen-bond acceptors (Lipinski definition) is 7. The summed E-state index contributed by atoms with van der Waals surface area (Å²) in [7, 11) is 0. The van der Waals surface area contributed by atoms with Crippen molar-refractivity contribution in [2.24, 2.45) is 5.92 Å². The molecule has 0 bridgehead atoms. The Morgan fingerprint density at radius 3 is 2.45 bits per heavy atom. The summed E-state index contributed by atoms with van der Waals surface area (Å²) >= 11 is 1.66. The summed E-state index contributed by atoms with van der Waals surface area (Å²) in [5.74, 6) is -1.55. The Labute approximate surface area is 182 Å². The number of hydrogen-bond donors (Lipinski definition) is 2. The number of fused-ring (bicyclic) bond motifs is 7. The number of aliphatic hydroxyl groups is 1. The second kappa shape index (κ2) is 6.67. The van der Waals surface area contributed by atoms with Crippen molar-refractivity contribution in [3.8, 4) is 0 Å². The van der Waals surface area contributed by atoms with Crippen LogP contribution in [0.25, 0.3) is 21.8 Å². The number of carbonyl (C=O) groups excluding carboxylic acids is 1. The zero-order valence-electron chi connectivity index (χ0n) is 16.7. The minimum atomic E-state index is -1.49. The second-order valence-electron chi connectivity index (χ2n) is 7.97. The summed E-state index contributed by atoms with van der Waals surface area (Å²) in [6.45, 7) is -0.0951. The van der Waals surface area contributed by atoms with Crippen LogP contribution in [0.2, 0.25) is 0 Å². The summed E-state index contributed by atoms with van der Waals surface area (Å²) in [4.78, 5) is 23.2. The first-order valence-corrected chi connectivity index (χ1v) is 11.3. The maximum Gasteiger partial charge on any atom is 0.315 e. The van der Waals surface area contributed by atoms with E-state index in [1.807, 2.05) is 54.8 Å². The maximum atomic E-state index is 12.9. The fourth-order valence-electron chi connectivity index (χ4n) is 4.98. The lowest BCUT2D eigenvalue weighted by Crippen LogP contribution is -2.51. The smallest absolute Gasteiger partial charge is 0.315 e.